The van der Waals surface area contributed by atoms with Crippen molar-refractivity contribution in [1.29, 1.82) is 0 Å². The van der Waals surface area contributed by atoms with E-state index in [2.05, 4.69) is 19.8 Å². The predicted molar refractivity (Wildman–Crippen MR) is 161 cm³/mol. The molecule has 45 heavy (non-hydrogen) atoms. The van der Waals surface area contributed by atoms with E-state index in [-0.39, 0.29) is 44.1 Å². The van der Waals surface area contributed by atoms with Gasteiger partial charge in [0.15, 0.2) is 11.6 Å². The Hall–Kier alpha value is -5.34. The van der Waals surface area contributed by atoms with Gasteiger partial charge in [0.2, 0.25) is 17.4 Å². The van der Waals surface area contributed by atoms with Crippen molar-refractivity contribution in [3.05, 3.63) is 118 Å². The Morgan fingerprint density at radius 2 is 1.73 bits per heavy atom. The summed E-state index contributed by atoms with van der Waals surface area (Å²) in [6, 6.07) is 13.9. The Bertz CT molecular complexity index is 2230. The molecule has 0 unspecified atom stereocenters. The molecule has 0 aliphatic carbocycles. The van der Waals surface area contributed by atoms with Crippen LogP contribution in [0.2, 0.25) is 5.02 Å². The monoisotopic (exact) mass is 652 g/mol. The summed E-state index contributed by atoms with van der Waals surface area (Å²) >= 11 is 5.90. The van der Waals surface area contributed by atoms with Gasteiger partial charge in [-0.3, -0.25) is 9.52 Å². The summed E-state index contributed by atoms with van der Waals surface area (Å²) < 4.78 is 77.2. The molecule has 15 heteroatoms. The van der Waals surface area contributed by atoms with Crippen LogP contribution in [0.25, 0.3) is 16.6 Å². The summed E-state index contributed by atoms with van der Waals surface area (Å²) in [4.78, 5) is 20.2. The Balaban J connectivity index is 1.26. The maximum absolute atomic E-state index is 14.9. The molecule has 0 bridgehead atoms. The molecule has 6 rings (SSSR count). The lowest BCUT2D eigenvalue weighted by Crippen LogP contribution is -2.14. The SMILES string of the molecule is Cc1cc(Oc2c(F)cccc2F)ncc1-n1ncc(C(=O)c2cc3cc(F)c(NS(=O)(=O)c4cccc(Cl)c4)cc3[nH]2)c1N. The number of carbonyl (C=O) groups is 1. The number of rotatable bonds is 8. The van der Waals surface area contributed by atoms with E-state index in [0.29, 0.717) is 16.6 Å². The molecule has 0 fully saturated rings. The molecule has 0 atom stereocenters. The number of carbonyl (C=O) groups excluding carboxylic acids is 1. The topological polar surface area (TPSA) is 145 Å². The Morgan fingerprint density at radius 3 is 2.44 bits per heavy atom. The van der Waals surface area contributed by atoms with Gasteiger partial charge >= 0.3 is 0 Å². The van der Waals surface area contributed by atoms with Crippen LogP contribution in [0.4, 0.5) is 24.7 Å². The number of fused-ring (bicyclic) bond motifs is 1. The molecular formula is C30H20ClF3N6O4S. The lowest BCUT2D eigenvalue weighted by Gasteiger charge is -2.11. The Morgan fingerprint density at radius 1 is 1.00 bits per heavy atom. The van der Waals surface area contributed by atoms with E-state index in [1.807, 2.05) is 0 Å². The van der Waals surface area contributed by atoms with Crippen LogP contribution in [0.5, 0.6) is 11.6 Å². The zero-order valence-corrected chi connectivity index (χ0v) is 24.6. The van der Waals surface area contributed by atoms with Gasteiger partial charge in [0.1, 0.15) is 11.6 Å². The molecule has 3 aromatic carbocycles. The Labute approximate surface area is 258 Å². The second-order valence-electron chi connectivity index (χ2n) is 9.81. The van der Waals surface area contributed by atoms with Gasteiger partial charge in [0.25, 0.3) is 10.0 Å². The first-order chi connectivity index (χ1) is 21.4. The first-order valence-corrected chi connectivity index (χ1v) is 14.8. The van der Waals surface area contributed by atoms with Crippen LogP contribution in [-0.4, -0.2) is 33.9 Å². The second-order valence-corrected chi connectivity index (χ2v) is 11.9. The minimum absolute atomic E-state index is 0.0112. The number of sulfonamides is 1. The van der Waals surface area contributed by atoms with Crippen molar-refractivity contribution in [3.8, 4) is 17.3 Å². The fourth-order valence-electron chi connectivity index (χ4n) is 4.55. The second kappa shape index (κ2) is 11.3. The van der Waals surface area contributed by atoms with E-state index in [1.165, 1.54) is 65.6 Å². The quantitative estimate of drug-likeness (QED) is 0.158. The van der Waals surface area contributed by atoms with Gasteiger partial charge in [-0.2, -0.15) is 5.10 Å². The van der Waals surface area contributed by atoms with Crippen molar-refractivity contribution in [2.24, 2.45) is 0 Å². The third-order valence-electron chi connectivity index (χ3n) is 6.77. The van der Waals surface area contributed by atoms with Gasteiger partial charge in [-0.05, 0) is 61.0 Å². The molecule has 10 nitrogen and oxygen atoms in total. The highest BCUT2D eigenvalue weighted by molar-refractivity contribution is 7.92. The number of pyridine rings is 1. The summed E-state index contributed by atoms with van der Waals surface area (Å²) in [6.45, 7) is 1.66. The predicted octanol–water partition coefficient (Wildman–Crippen LogP) is 6.53. The highest BCUT2D eigenvalue weighted by Gasteiger charge is 2.23. The zero-order chi connectivity index (χ0) is 32.0. The number of anilines is 2. The number of nitrogen functional groups attached to an aromatic ring is 1. The average molecular weight is 653 g/mol. The van der Waals surface area contributed by atoms with Gasteiger partial charge < -0.3 is 15.5 Å². The van der Waals surface area contributed by atoms with E-state index in [1.54, 1.807) is 6.92 Å². The van der Waals surface area contributed by atoms with Crippen LogP contribution in [0, 0.1) is 24.4 Å². The fraction of sp³-hybridized carbons (Fsp3) is 0.0333. The summed E-state index contributed by atoms with van der Waals surface area (Å²) in [5.41, 5.74) is 7.14. The number of nitrogens with one attached hydrogen (secondary N) is 2. The van der Waals surface area contributed by atoms with Crippen LogP contribution in [0.15, 0.2) is 84.0 Å². The normalized spacial score (nSPS) is 11.6. The van der Waals surface area contributed by atoms with Crippen molar-refractivity contribution >= 4 is 49.8 Å². The molecule has 0 aliphatic rings. The lowest BCUT2D eigenvalue weighted by atomic mass is 10.1. The molecular weight excluding hydrogens is 633 g/mol. The number of benzene rings is 3. The summed E-state index contributed by atoms with van der Waals surface area (Å²) in [6.07, 6.45) is 2.56. The number of nitrogens with zero attached hydrogens (tertiary/aromatic N) is 3. The highest BCUT2D eigenvalue weighted by atomic mass is 35.5. The molecule has 6 aromatic rings. The fourth-order valence-corrected chi connectivity index (χ4v) is 5.91. The van der Waals surface area contributed by atoms with E-state index in [0.717, 1.165) is 18.2 Å². The van der Waals surface area contributed by atoms with Crippen molar-refractivity contribution in [2.45, 2.75) is 11.8 Å². The molecule has 4 N–H and O–H groups in total. The van der Waals surface area contributed by atoms with E-state index in [9.17, 15) is 26.4 Å². The smallest absolute Gasteiger partial charge is 0.262 e. The van der Waals surface area contributed by atoms with Crippen molar-refractivity contribution < 1.29 is 31.1 Å². The zero-order valence-electron chi connectivity index (χ0n) is 23.0. The van der Waals surface area contributed by atoms with Gasteiger partial charge in [0, 0.05) is 22.0 Å². The number of aryl methyl sites for hydroxylation is 1. The largest absolute Gasteiger partial charge is 0.433 e. The number of halogens is 4. The van der Waals surface area contributed by atoms with Crippen molar-refractivity contribution in [2.75, 3.05) is 10.5 Å². The summed E-state index contributed by atoms with van der Waals surface area (Å²) in [5.74, 6) is -3.96. The van der Waals surface area contributed by atoms with Crippen LogP contribution in [-0.2, 0) is 10.0 Å². The summed E-state index contributed by atoms with van der Waals surface area (Å²) in [5, 5.41) is 4.70. The number of nitrogens with two attached hydrogens (primary N) is 1. The third kappa shape index (κ3) is 5.68. The molecule has 0 amide bonds. The summed E-state index contributed by atoms with van der Waals surface area (Å²) in [7, 11) is -4.16. The van der Waals surface area contributed by atoms with Crippen LogP contribution < -0.4 is 15.2 Å². The number of aromatic amines is 1. The minimum atomic E-state index is -4.16. The molecule has 0 spiro atoms. The van der Waals surface area contributed by atoms with Crippen LogP contribution in [0.1, 0.15) is 21.6 Å². The standard InChI is InChI=1S/C30H20ClF3N6O4S/c1-15-8-27(44-29-20(32)6-3-7-21(29)33)36-14-26(15)40-30(35)19(13-37-40)28(41)25-10-16-9-22(34)24(12-23(16)38-25)39-45(42,43)18-5-2-4-17(31)11-18/h2-14,38-39H,35H2,1H3. The molecule has 0 aliphatic heterocycles. The van der Waals surface area contributed by atoms with Gasteiger partial charge in [-0.1, -0.05) is 23.7 Å². The molecule has 3 heterocycles. The molecule has 0 radical (unpaired) electrons. The van der Waals surface area contributed by atoms with Crippen LogP contribution in [0.3, 0.4) is 0 Å². The van der Waals surface area contributed by atoms with Gasteiger partial charge in [-0.15, -0.1) is 0 Å². The number of ketones is 1. The number of hydrogen-bond acceptors (Lipinski definition) is 7. The maximum atomic E-state index is 14.9. The number of ether oxygens (including phenoxy) is 1. The molecule has 0 saturated heterocycles. The van der Waals surface area contributed by atoms with Crippen molar-refractivity contribution in [1.82, 2.24) is 19.7 Å². The number of aromatic nitrogens is 4. The first-order valence-electron chi connectivity index (χ1n) is 13.0. The number of H-pyrrole nitrogens is 1. The van der Waals surface area contributed by atoms with E-state index >= 15 is 0 Å². The van der Waals surface area contributed by atoms with Gasteiger partial charge in [-0.25, -0.2) is 31.3 Å². The molecule has 228 valence electrons. The van der Waals surface area contributed by atoms with Crippen LogP contribution >= 0.6 is 11.6 Å². The third-order valence-corrected chi connectivity index (χ3v) is 8.36. The van der Waals surface area contributed by atoms with E-state index in [4.69, 9.17) is 22.1 Å². The molecule has 3 aromatic heterocycles. The van der Waals surface area contributed by atoms with E-state index < -0.39 is 39.0 Å². The average Bonchev–Trinajstić information content (AvgIpc) is 3.58. The lowest BCUT2D eigenvalue weighted by molar-refractivity contribution is 0.103. The Kier molecular flexibility index (Phi) is 7.46. The minimum Gasteiger partial charge on any atom is -0.433 e. The number of hydrogen-bond donors (Lipinski definition) is 3. The van der Waals surface area contributed by atoms with Crippen molar-refractivity contribution in [3.63, 3.8) is 0 Å². The molecule has 0 saturated carbocycles. The highest BCUT2D eigenvalue weighted by Crippen LogP contribution is 2.30. The number of para-hydroxylation sites is 1. The maximum Gasteiger partial charge on any atom is 0.262 e. The first kappa shape index (κ1) is 29.7. The van der Waals surface area contributed by atoms with Gasteiger partial charge in [0.05, 0.1) is 39.9 Å².